The molecule has 1 aromatic heterocycles. The van der Waals surface area contributed by atoms with E-state index in [9.17, 15) is 0 Å². The maximum absolute atomic E-state index is 4.77. The molecule has 0 bridgehead atoms. The Morgan fingerprint density at radius 1 is 1.19 bits per heavy atom. The van der Waals surface area contributed by atoms with Gasteiger partial charge in [-0.25, -0.2) is 9.98 Å². The summed E-state index contributed by atoms with van der Waals surface area (Å²) in [5.41, 5.74) is 1.20. The van der Waals surface area contributed by atoms with Gasteiger partial charge in [-0.1, -0.05) is 0 Å². The lowest BCUT2D eigenvalue weighted by molar-refractivity contribution is 0.178. The molecule has 1 aliphatic heterocycles. The molecule has 1 saturated heterocycles. The summed E-state index contributed by atoms with van der Waals surface area (Å²) in [6.45, 7) is 16.8. The second-order valence-electron chi connectivity index (χ2n) is 7.76. The van der Waals surface area contributed by atoms with Crippen LogP contribution in [0.2, 0.25) is 0 Å². The van der Waals surface area contributed by atoms with Crippen molar-refractivity contribution in [2.75, 3.05) is 37.6 Å². The molecule has 2 N–H and O–H groups in total. The maximum atomic E-state index is 4.77. The molecule has 0 radical (unpaired) electrons. The third kappa shape index (κ3) is 7.01. The number of guanidine groups is 1. The predicted octanol–water partition coefficient (Wildman–Crippen LogP) is 2.86. The van der Waals surface area contributed by atoms with Crippen LogP contribution in [0.25, 0.3) is 0 Å². The number of hydrogen-bond acceptors (Lipinski definition) is 4. The zero-order valence-electron chi connectivity index (χ0n) is 17.8. The molecule has 6 nitrogen and oxygen atoms in total. The summed E-state index contributed by atoms with van der Waals surface area (Å²) in [7, 11) is 0. The summed E-state index contributed by atoms with van der Waals surface area (Å²) < 4.78 is 0. The minimum Gasteiger partial charge on any atom is -0.357 e. The predicted molar refractivity (Wildman–Crippen MR) is 115 cm³/mol. The zero-order valence-corrected chi connectivity index (χ0v) is 17.8. The third-order valence-electron chi connectivity index (χ3n) is 4.99. The van der Waals surface area contributed by atoms with Gasteiger partial charge >= 0.3 is 0 Å². The zero-order chi connectivity index (χ0) is 19.6. The first-order valence-electron chi connectivity index (χ1n) is 10.5. The average molecular weight is 375 g/mol. The van der Waals surface area contributed by atoms with Crippen molar-refractivity contribution in [1.29, 1.82) is 0 Å². The van der Waals surface area contributed by atoms with Crippen LogP contribution >= 0.6 is 0 Å². The molecule has 0 saturated carbocycles. The standard InChI is InChI=1S/C21H38N6/c1-6-22-21(24-11-14-27(17(2)3)18(4)5)25-16-19-9-10-23-20(15-19)26-12-7-8-13-26/h9-10,15,17-18H,6-8,11-14,16H2,1-5H3,(H2,22,24,25). The van der Waals surface area contributed by atoms with Crippen LogP contribution in [0, 0.1) is 0 Å². The molecule has 0 aromatic carbocycles. The maximum Gasteiger partial charge on any atom is 0.191 e. The van der Waals surface area contributed by atoms with E-state index in [0.29, 0.717) is 18.6 Å². The highest BCUT2D eigenvalue weighted by molar-refractivity contribution is 5.79. The van der Waals surface area contributed by atoms with Crippen LogP contribution in [-0.2, 0) is 6.54 Å². The lowest BCUT2D eigenvalue weighted by Crippen LogP contribution is -2.45. The van der Waals surface area contributed by atoms with Gasteiger partial charge in [0.05, 0.1) is 6.54 Å². The average Bonchev–Trinajstić information content (AvgIpc) is 3.17. The molecule has 1 aromatic rings. The smallest absolute Gasteiger partial charge is 0.191 e. The highest BCUT2D eigenvalue weighted by Gasteiger charge is 2.14. The lowest BCUT2D eigenvalue weighted by atomic mass is 10.2. The van der Waals surface area contributed by atoms with Crippen LogP contribution in [0.1, 0.15) is 53.0 Å². The first kappa shape index (κ1) is 21.5. The first-order chi connectivity index (χ1) is 13.0. The van der Waals surface area contributed by atoms with Crippen molar-refractivity contribution in [2.45, 2.75) is 66.1 Å². The molecular weight excluding hydrogens is 336 g/mol. The Morgan fingerprint density at radius 2 is 1.89 bits per heavy atom. The van der Waals surface area contributed by atoms with Crippen LogP contribution in [0.15, 0.2) is 23.3 Å². The minimum atomic E-state index is 0.548. The quantitative estimate of drug-likeness (QED) is 0.514. The summed E-state index contributed by atoms with van der Waals surface area (Å²) in [5, 5.41) is 6.82. The number of nitrogens with one attached hydrogen (secondary N) is 2. The number of hydrogen-bond donors (Lipinski definition) is 2. The Balaban J connectivity index is 1.91. The third-order valence-corrected chi connectivity index (χ3v) is 4.99. The van der Waals surface area contributed by atoms with E-state index in [1.165, 1.54) is 18.4 Å². The van der Waals surface area contributed by atoms with E-state index < -0.39 is 0 Å². The Labute approximate surface area is 165 Å². The molecule has 1 fully saturated rings. The SMILES string of the molecule is CCNC(=NCc1ccnc(N2CCCC2)c1)NCCN(C(C)C)C(C)C. The van der Waals surface area contributed by atoms with Gasteiger partial charge in [0.1, 0.15) is 5.82 Å². The summed E-state index contributed by atoms with van der Waals surface area (Å²) in [6, 6.07) is 5.34. The van der Waals surface area contributed by atoms with E-state index in [1.54, 1.807) is 0 Å². The van der Waals surface area contributed by atoms with E-state index in [0.717, 1.165) is 44.5 Å². The van der Waals surface area contributed by atoms with Crippen LogP contribution in [-0.4, -0.2) is 60.7 Å². The van der Waals surface area contributed by atoms with Gasteiger partial charge in [-0.15, -0.1) is 0 Å². The molecule has 152 valence electrons. The van der Waals surface area contributed by atoms with Gasteiger partial charge in [-0.05, 0) is 65.2 Å². The second kappa shape index (κ2) is 11.1. The monoisotopic (exact) mass is 374 g/mol. The van der Waals surface area contributed by atoms with Crippen LogP contribution in [0.4, 0.5) is 5.82 Å². The van der Waals surface area contributed by atoms with Gasteiger partial charge < -0.3 is 15.5 Å². The summed E-state index contributed by atoms with van der Waals surface area (Å²) >= 11 is 0. The molecular formula is C21H38N6. The van der Waals surface area contributed by atoms with Crippen LogP contribution in [0.5, 0.6) is 0 Å². The summed E-state index contributed by atoms with van der Waals surface area (Å²) in [4.78, 5) is 14.1. The summed E-state index contributed by atoms with van der Waals surface area (Å²) in [6.07, 6.45) is 4.44. The Hall–Kier alpha value is -1.82. The van der Waals surface area contributed by atoms with Gasteiger partial charge in [0.2, 0.25) is 0 Å². The normalized spacial score (nSPS) is 15.3. The molecule has 2 rings (SSSR count). The van der Waals surface area contributed by atoms with Crippen LogP contribution < -0.4 is 15.5 Å². The fourth-order valence-electron chi connectivity index (χ4n) is 3.61. The van der Waals surface area contributed by atoms with E-state index in [4.69, 9.17) is 4.99 Å². The number of aromatic nitrogens is 1. The minimum absolute atomic E-state index is 0.548. The van der Waals surface area contributed by atoms with Gasteiger partial charge in [0.25, 0.3) is 0 Å². The van der Waals surface area contributed by atoms with Crippen molar-refractivity contribution in [3.8, 4) is 0 Å². The molecule has 0 amide bonds. The number of nitrogens with zero attached hydrogens (tertiary/aromatic N) is 4. The van der Waals surface area contributed by atoms with Crippen molar-refractivity contribution in [1.82, 2.24) is 20.5 Å². The van der Waals surface area contributed by atoms with Crippen molar-refractivity contribution in [3.05, 3.63) is 23.9 Å². The topological polar surface area (TPSA) is 55.8 Å². The molecule has 0 unspecified atom stereocenters. The van der Waals surface area contributed by atoms with Crippen molar-refractivity contribution in [2.24, 2.45) is 4.99 Å². The first-order valence-corrected chi connectivity index (χ1v) is 10.5. The summed E-state index contributed by atoms with van der Waals surface area (Å²) in [5.74, 6) is 1.96. The number of anilines is 1. The largest absolute Gasteiger partial charge is 0.357 e. The van der Waals surface area contributed by atoms with Crippen LogP contribution in [0.3, 0.4) is 0 Å². The molecule has 1 aliphatic rings. The lowest BCUT2D eigenvalue weighted by Gasteiger charge is -2.30. The van der Waals surface area contributed by atoms with Gasteiger partial charge in [-0.2, -0.15) is 0 Å². The molecule has 6 heteroatoms. The second-order valence-corrected chi connectivity index (χ2v) is 7.76. The highest BCUT2D eigenvalue weighted by Crippen LogP contribution is 2.18. The molecule has 2 heterocycles. The fraction of sp³-hybridized carbons (Fsp3) is 0.714. The van der Waals surface area contributed by atoms with E-state index >= 15 is 0 Å². The Kier molecular flexibility index (Phi) is 8.85. The molecule has 0 aliphatic carbocycles. The fourth-order valence-corrected chi connectivity index (χ4v) is 3.61. The van der Waals surface area contributed by atoms with E-state index in [1.807, 2.05) is 6.20 Å². The molecule has 27 heavy (non-hydrogen) atoms. The van der Waals surface area contributed by atoms with Crippen molar-refractivity contribution in [3.63, 3.8) is 0 Å². The number of pyridine rings is 1. The molecule has 0 spiro atoms. The highest BCUT2D eigenvalue weighted by atomic mass is 15.2. The number of aliphatic imine (C=N–C) groups is 1. The van der Waals surface area contributed by atoms with E-state index in [2.05, 4.69) is 72.2 Å². The molecule has 0 atom stereocenters. The Morgan fingerprint density at radius 3 is 2.52 bits per heavy atom. The number of rotatable bonds is 9. The van der Waals surface area contributed by atoms with Gasteiger partial charge in [-0.3, -0.25) is 4.90 Å². The van der Waals surface area contributed by atoms with E-state index in [-0.39, 0.29) is 0 Å². The van der Waals surface area contributed by atoms with Gasteiger partial charge in [0, 0.05) is 51.0 Å². The van der Waals surface area contributed by atoms with Crippen molar-refractivity contribution < 1.29 is 0 Å². The van der Waals surface area contributed by atoms with Crippen molar-refractivity contribution >= 4 is 11.8 Å². The van der Waals surface area contributed by atoms with Gasteiger partial charge in [0.15, 0.2) is 5.96 Å². The Bertz CT molecular complexity index is 570.